The van der Waals surface area contributed by atoms with Crippen molar-refractivity contribution in [2.75, 3.05) is 32.6 Å². The number of aromatic nitrogens is 5. The van der Waals surface area contributed by atoms with Gasteiger partial charge in [0.05, 0.1) is 29.8 Å². The Morgan fingerprint density at radius 2 is 1.78 bits per heavy atom. The monoisotopic (exact) mass is 431 g/mol. The average molecular weight is 432 g/mol. The van der Waals surface area contributed by atoms with E-state index in [4.69, 9.17) is 9.47 Å². The number of benzene rings is 1. The van der Waals surface area contributed by atoms with E-state index in [0.717, 1.165) is 28.7 Å². The van der Waals surface area contributed by atoms with Crippen molar-refractivity contribution in [3.63, 3.8) is 0 Å². The van der Waals surface area contributed by atoms with E-state index in [-0.39, 0.29) is 0 Å². The third-order valence-electron chi connectivity index (χ3n) is 4.66. The lowest BCUT2D eigenvalue weighted by Crippen LogP contribution is -2.19. The number of hydrogen-bond acceptors (Lipinski definition) is 9. The molecule has 0 unspecified atom stereocenters. The second-order valence-corrected chi connectivity index (χ2v) is 7.62. The summed E-state index contributed by atoms with van der Waals surface area (Å²) in [6.45, 7) is 5.26. The third-order valence-corrected chi connectivity index (χ3v) is 4.66. The van der Waals surface area contributed by atoms with Crippen LogP contribution in [0.1, 0.15) is 11.3 Å². The predicted molar refractivity (Wildman–Crippen MR) is 123 cm³/mol. The molecule has 4 rings (SSSR count). The van der Waals surface area contributed by atoms with Gasteiger partial charge in [-0.05, 0) is 52.2 Å². The van der Waals surface area contributed by atoms with Crippen molar-refractivity contribution in [1.29, 1.82) is 0 Å². The first-order valence-corrected chi connectivity index (χ1v) is 10.2. The minimum Gasteiger partial charge on any atom is -0.491 e. The van der Waals surface area contributed by atoms with Gasteiger partial charge in [-0.3, -0.25) is 4.98 Å². The zero-order chi connectivity index (χ0) is 22.5. The Hall–Kier alpha value is -3.85. The summed E-state index contributed by atoms with van der Waals surface area (Å²) in [5.41, 5.74) is 2.50. The molecule has 0 aliphatic heterocycles. The number of aryl methyl sites for hydroxylation is 2. The van der Waals surface area contributed by atoms with Crippen LogP contribution in [0.15, 0.2) is 49.2 Å². The number of anilines is 2. The molecule has 0 atom stereocenters. The quantitative estimate of drug-likeness (QED) is 0.445. The van der Waals surface area contributed by atoms with Gasteiger partial charge in [0.25, 0.3) is 0 Å². The van der Waals surface area contributed by atoms with Crippen molar-refractivity contribution in [1.82, 2.24) is 29.8 Å². The highest BCUT2D eigenvalue weighted by molar-refractivity contribution is 5.91. The van der Waals surface area contributed by atoms with Crippen LogP contribution in [0.25, 0.3) is 10.9 Å². The van der Waals surface area contributed by atoms with E-state index in [0.29, 0.717) is 35.6 Å². The fourth-order valence-corrected chi connectivity index (χ4v) is 2.96. The lowest BCUT2D eigenvalue weighted by atomic mass is 10.2. The van der Waals surface area contributed by atoms with Crippen molar-refractivity contribution >= 4 is 22.5 Å². The van der Waals surface area contributed by atoms with Crippen molar-refractivity contribution in [3.8, 4) is 17.4 Å². The Morgan fingerprint density at radius 3 is 2.53 bits per heavy atom. The van der Waals surface area contributed by atoms with Crippen molar-refractivity contribution < 1.29 is 9.47 Å². The first-order chi connectivity index (χ1) is 15.5. The van der Waals surface area contributed by atoms with Gasteiger partial charge in [-0.15, -0.1) is 0 Å². The molecular weight excluding hydrogens is 406 g/mol. The topological polar surface area (TPSA) is 98.2 Å². The molecule has 3 heterocycles. The molecule has 0 bridgehead atoms. The van der Waals surface area contributed by atoms with Crippen LogP contribution in [0.2, 0.25) is 0 Å². The van der Waals surface area contributed by atoms with Crippen molar-refractivity contribution in [2.45, 2.75) is 13.8 Å². The van der Waals surface area contributed by atoms with E-state index in [1.54, 1.807) is 18.6 Å². The van der Waals surface area contributed by atoms with Gasteiger partial charge in [-0.2, -0.15) is 0 Å². The number of pyridine rings is 1. The van der Waals surface area contributed by atoms with Crippen LogP contribution >= 0.6 is 0 Å². The van der Waals surface area contributed by atoms with Crippen molar-refractivity contribution in [2.24, 2.45) is 0 Å². The molecule has 1 aromatic carbocycles. The molecule has 0 aliphatic carbocycles. The summed E-state index contributed by atoms with van der Waals surface area (Å²) in [5.74, 6) is 3.08. The van der Waals surface area contributed by atoms with E-state index in [1.807, 2.05) is 52.2 Å². The molecule has 9 heteroatoms. The summed E-state index contributed by atoms with van der Waals surface area (Å²) in [6.07, 6.45) is 6.54. The third kappa shape index (κ3) is 5.25. The molecule has 32 heavy (non-hydrogen) atoms. The molecule has 0 spiro atoms. The standard InChI is InChI=1S/C23H25N7O2/c1-15-9-18(31-8-7-30(3)4)12-26-23(15)32-17-5-6-20-19(10-17)22(28-14-27-20)29-21-13-24-16(2)11-25-21/h5-6,9-14H,7-8H2,1-4H3,(H,25,27,28,29). The fraction of sp³-hybridized carbons (Fsp3) is 0.261. The van der Waals surface area contributed by atoms with Crippen LogP contribution in [0.4, 0.5) is 11.6 Å². The van der Waals surface area contributed by atoms with E-state index in [9.17, 15) is 0 Å². The highest BCUT2D eigenvalue weighted by atomic mass is 16.5. The Labute approximate surface area is 186 Å². The molecule has 3 aromatic heterocycles. The van der Waals surface area contributed by atoms with Gasteiger partial charge in [-0.25, -0.2) is 19.9 Å². The van der Waals surface area contributed by atoms with E-state index in [1.165, 1.54) is 6.33 Å². The molecule has 4 aromatic rings. The van der Waals surface area contributed by atoms with E-state index < -0.39 is 0 Å². The number of nitrogens with zero attached hydrogens (tertiary/aromatic N) is 6. The van der Waals surface area contributed by atoms with Crippen LogP contribution in [0, 0.1) is 13.8 Å². The smallest absolute Gasteiger partial charge is 0.222 e. The average Bonchev–Trinajstić information content (AvgIpc) is 2.77. The lowest BCUT2D eigenvalue weighted by Gasteiger charge is -2.13. The van der Waals surface area contributed by atoms with Crippen molar-refractivity contribution in [3.05, 3.63) is 60.4 Å². The first-order valence-electron chi connectivity index (χ1n) is 10.2. The molecule has 0 fully saturated rings. The van der Waals surface area contributed by atoms with Crippen LogP contribution < -0.4 is 14.8 Å². The Morgan fingerprint density at radius 1 is 0.906 bits per heavy atom. The van der Waals surface area contributed by atoms with Gasteiger partial charge in [0, 0.05) is 17.5 Å². The second-order valence-electron chi connectivity index (χ2n) is 7.62. The zero-order valence-corrected chi connectivity index (χ0v) is 18.5. The minimum absolute atomic E-state index is 0.514. The van der Waals surface area contributed by atoms with Gasteiger partial charge in [-0.1, -0.05) is 0 Å². The largest absolute Gasteiger partial charge is 0.491 e. The van der Waals surface area contributed by atoms with Gasteiger partial charge >= 0.3 is 0 Å². The van der Waals surface area contributed by atoms with E-state index in [2.05, 4.69) is 35.1 Å². The van der Waals surface area contributed by atoms with Crippen LogP contribution in [-0.2, 0) is 0 Å². The molecule has 0 saturated heterocycles. The minimum atomic E-state index is 0.514. The Balaban J connectivity index is 1.54. The van der Waals surface area contributed by atoms with Gasteiger partial charge < -0.3 is 19.7 Å². The fourth-order valence-electron chi connectivity index (χ4n) is 2.96. The maximum Gasteiger partial charge on any atom is 0.222 e. The molecule has 9 nitrogen and oxygen atoms in total. The molecule has 164 valence electrons. The lowest BCUT2D eigenvalue weighted by molar-refractivity contribution is 0.260. The maximum absolute atomic E-state index is 6.05. The number of rotatable bonds is 8. The number of nitrogens with one attached hydrogen (secondary N) is 1. The number of likely N-dealkylation sites (N-methyl/N-ethyl adjacent to an activating group) is 1. The molecule has 0 radical (unpaired) electrons. The number of hydrogen-bond donors (Lipinski definition) is 1. The van der Waals surface area contributed by atoms with E-state index >= 15 is 0 Å². The van der Waals surface area contributed by atoms with Gasteiger partial charge in [0.1, 0.15) is 36.1 Å². The molecule has 0 saturated carbocycles. The second kappa shape index (κ2) is 9.52. The van der Waals surface area contributed by atoms with Crippen LogP contribution in [0.3, 0.4) is 0 Å². The Kier molecular flexibility index (Phi) is 6.37. The summed E-state index contributed by atoms with van der Waals surface area (Å²) in [4.78, 5) is 23.8. The summed E-state index contributed by atoms with van der Waals surface area (Å²) < 4.78 is 11.8. The normalized spacial score (nSPS) is 11.0. The SMILES string of the molecule is Cc1cnc(Nc2ncnc3ccc(Oc4ncc(OCCN(C)C)cc4C)cc23)cn1. The number of fused-ring (bicyclic) bond motifs is 1. The predicted octanol–water partition coefficient (Wildman–Crippen LogP) is 3.91. The maximum atomic E-state index is 6.05. The molecular formula is C23H25N7O2. The summed E-state index contributed by atoms with van der Waals surface area (Å²) in [6, 6.07) is 7.53. The summed E-state index contributed by atoms with van der Waals surface area (Å²) >= 11 is 0. The van der Waals surface area contributed by atoms with Gasteiger partial charge in [0.15, 0.2) is 0 Å². The van der Waals surface area contributed by atoms with Crippen LogP contribution in [0.5, 0.6) is 17.4 Å². The molecule has 0 aliphatic rings. The van der Waals surface area contributed by atoms with Crippen LogP contribution in [-0.4, -0.2) is 57.1 Å². The highest BCUT2D eigenvalue weighted by Crippen LogP contribution is 2.30. The number of ether oxygens (including phenoxy) is 2. The Bertz CT molecular complexity index is 1210. The highest BCUT2D eigenvalue weighted by Gasteiger charge is 2.10. The zero-order valence-electron chi connectivity index (χ0n) is 18.5. The van der Waals surface area contributed by atoms with Gasteiger partial charge in [0.2, 0.25) is 5.88 Å². The first kappa shape index (κ1) is 21.4. The summed E-state index contributed by atoms with van der Waals surface area (Å²) in [7, 11) is 4.01. The molecule has 0 amide bonds. The summed E-state index contributed by atoms with van der Waals surface area (Å²) in [5, 5.41) is 4.00. The molecule has 1 N–H and O–H groups in total.